The lowest BCUT2D eigenvalue weighted by molar-refractivity contribution is -0.393. The van der Waals surface area contributed by atoms with E-state index in [1.54, 1.807) is 18.2 Å². The molecule has 0 saturated heterocycles. The van der Waals surface area contributed by atoms with Crippen LogP contribution >= 0.6 is 0 Å². The fourth-order valence-electron chi connectivity index (χ4n) is 1.82. The van der Waals surface area contributed by atoms with Crippen LogP contribution in [0.25, 0.3) is 10.8 Å². The first kappa shape index (κ1) is 11.8. The van der Waals surface area contributed by atoms with Gasteiger partial charge in [-0.05, 0) is 6.07 Å². The number of hydrogen-bond acceptors (Lipinski definition) is 5. The number of ether oxygens (including phenoxy) is 1. The first-order valence-electron chi connectivity index (χ1n) is 4.94. The Bertz CT molecular complexity index is 653. The van der Waals surface area contributed by atoms with Gasteiger partial charge in [-0.2, -0.15) is 0 Å². The number of methoxy groups -OCH3 is 1. The van der Waals surface area contributed by atoms with Crippen molar-refractivity contribution in [3.63, 3.8) is 0 Å². The van der Waals surface area contributed by atoms with Crippen LogP contribution in [0.4, 0.5) is 11.4 Å². The minimum Gasteiger partial charge on any atom is -0.490 e. The summed E-state index contributed by atoms with van der Waals surface area (Å²) in [6.45, 7) is 0. The second-order valence-electron chi connectivity index (χ2n) is 3.51. The van der Waals surface area contributed by atoms with E-state index < -0.39 is 15.5 Å². The van der Waals surface area contributed by atoms with Crippen molar-refractivity contribution in [2.75, 3.05) is 7.11 Å². The Morgan fingerprint density at radius 3 is 2.06 bits per heavy atom. The number of fused-ring (bicyclic) bond motifs is 1. The number of benzene rings is 2. The van der Waals surface area contributed by atoms with Crippen LogP contribution in [0, 0.1) is 20.2 Å². The van der Waals surface area contributed by atoms with Gasteiger partial charge in [0.1, 0.15) is 0 Å². The van der Waals surface area contributed by atoms with E-state index in [0.29, 0.717) is 10.8 Å². The summed E-state index contributed by atoms with van der Waals surface area (Å²) in [5, 5.41) is 22.5. The number of nitro benzene ring substituents is 2. The van der Waals surface area contributed by atoms with Crippen LogP contribution in [0.1, 0.15) is 0 Å². The van der Waals surface area contributed by atoms with E-state index in [1.807, 2.05) is 0 Å². The van der Waals surface area contributed by atoms with Gasteiger partial charge in [0.15, 0.2) is 0 Å². The van der Waals surface area contributed by atoms with E-state index >= 15 is 0 Å². The molecule has 0 atom stereocenters. The van der Waals surface area contributed by atoms with Crippen molar-refractivity contribution in [2.24, 2.45) is 0 Å². The van der Waals surface area contributed by atoms with Crippen LogP contribution < -0.4 is 4.74 Å². The maximum absolute atomic E-state index is 10.9. The second-order valence-corrected chi connectivity index (χ2v) is 3.51. The Hall–Kier alpha value is -2.70. The van der Waals surface area contributed by atoms with Crippen LogP contribution in [0.2, 0.25) is 0 Å². The molecular weight excluding hydrogens is 240 g/mol. The van der Waals surface area contributed by atoms with E-state index in [4.69, 9.17) is 4.74 Å². The van der Waals surface area contributed by atoms with Gasteiger partial charge in [0, 0.05) is 5.39 Å². The van der Waals surface area contributed by atoms with Crippen LogP contribution in [0.3, 0.4) is 0 Å². The van der Waals surface area contributed by atoms with Crippen LogP contribution in [-0.4, -0.2) is 17.0 Å². The summed E-state index contributed by atoms with van der Waals surface area (Å²) < 4.78 is 4.99. The summed E-state index contributed by atoms with van der Waals surface area (Å²) in [4.78, 5) is 20.5. The topological polar surface area (TPSA) is 95.5 Å². The van der Waals surface area contributed by atoms with Crippen molar-refractivity contribution in [1.82, 2.24) is 0 Å². The fraction of sp³-hybridized carbons (Fsp3) is 0.0909. The Balaban J connectivity index is 2.95. The quantitative estimate of drug-likeness (QED) is 0.614. The lowest BCUT2D eigenvalue weighted by Crippen LogP contribution is -1.98. The van der Waals surface area contributed by atoms with Gasteiger partial charge in [-0.1, -0.05) is 18.2 Å². The van der Waals surface area contributed by atoms with Gasteiger partial charge in [-0.25, -0.2) is 0 Å². The molecule has 0 aliphatic rings. The predicted octanol–water partition coefficient (Wildman–Crippen LogP) is 2.66. The smallest absolute Gasteiger partial charge is 0.318 e. The van der Waals surface area contributed by atoms with E-state index in [1.165, 1.54) is 13.2 Å². The number of rotatable bonds is 3. The number of non-ortho nitro benzene ring substituents is 1. The standard InChI is InChI=1S/C11H8N2O5/c1-18-11-8-5-3-2-4-7(8)9(12(14)15)6-10(11)13(16)17/h2-6H,1H3. The molecule has 7 nitrogen and oxygen atoms in total. The van der Waals surface area contributed by atoms with Crippen molar-refractivity contribution < 1.29 is 14.6 Å². The van der Waals surface area contributed by atoms with Crippen LogP contribution in [0.5, 0.6) is 5.75 Å². The molecule has 0 N–H and O–H groups in total. The minimum atomic E-state index is -0.696. The third kappa shape index (κ3) is 1.71. The zero-order chi connectivity index (χ0) is 13.3. The van der Waals surface area contributed by atoms with Gasteiger partial charge in [-0.3, -0.25) is 20.2 Å². The summed E-state index contributed by atoms with van der Waals surface area (Å²) in [7, 11) is 1.29. The predicted molar refractivity (Wildman–Crippen MR) is 63.8 cm³/mol. The highest BCUT2D eigenvalue weighted by atomic mass is 16.6. The van der Waals surface area contributed by atoms with Crippen LogP contribution in [0.15, 0.2) is 30.3 Å². The van der Waals surface area contributed by atoms with Crippen molar-refractivity contribution in [3.05, 3.63) is 50.6 Å². The molecule has 18 heavy (non-hydrogen) atoms. The lowest BCUT2D eigenvalue weighted by Gasteiger charge is -2.06. The molecule has 7 heteroatoms. The number of hydrogen-bond donors (Lipinski definition) is 0. The Morgan fingerprint density at radius 2 is 1.56 bits per heavy atom. The lowest BCUT2D eigenvalue weighted by atomic mass is 10.1. The van der Waals surface area contributed by atoms with Crippen molar-refractivity contribution in [3.8, 4) is 5.75 Å². The summed E-state index contributed by atoms with van der Waals surface area (Å²) in [5.41, 5.74) is -0.721. The van der Waals surface area contributed by atoms with Crippen molar-refractivity contribution >= 4 is 22.1 Å². The average molecular weight is 248 g/mol. The zero-order valence-electron chi connectivity index (χ0n) is 9.32. The van der Waals surface area contributed by atoms with Gasteiger partial charge < -0.3 is 4.74 Å². The maximum Gasteiger partial charge on any atom is 0.318 e. The molecule has 0 heterocycles. The molecule has 0 amide bonds. The highest BCUT2D eigenvalue weighted by Crippen LogP contribution is 2.40. The van der Waals surface area contributed by atoms with Gasteiger partial charge in [-0.15, -0.1) is 0 Å². The summed E-state index contributed by atoms with van der Waals surface area (Å²) in [6, 6.07) is 7.26. The Kier molecular flexibility index (Phi) is 2.80. The SMILES string of the molecule is COc1c([N+](=O)[O-])cc([N+](=O)[O-])c2ccccc12. The van der Waals surface area contributed by atoms with Gasteiger partial charge >= 0.3 is 5.69 Å². The Morgan fingerprint density at radius 1 is 1.00 bits per heavy atom. The normalized spacial score (nSPS) is 10.3. The van der Waals surface area contributed by atoms with Gasteiger partial charge in [0.2, 0.25) is 5.75 Å². The first-order chi connectivity index (χ1) is 8.56. The van der Waals surface area contributed by atoms with E-state index in [-0.39, 0.29) is 11.4 Å². The fourth-order valence-corrected chi connectivity index (χ4v) is 1.82. The molecule has 0 aromatic heterocycles. The highest BCUT2D eigenvalue weighted by molar-refractivity contribution is 5.98. The molecule has 0 unspecified atom stereocenters. The van der Waals surface area contributed by atoms with E-state index in [2.05, 4.69) is 0 Å². The minimum absolute atomic E-state index is 0.0289. The third-order valence-electron chi connectivity index (χ3n) is 2.55. The largest absolute Gasteiger partial charge is 0.490 e. The number of nitrogens with zero attached hydrogens (tertiary/aromatic N) is 2. The first-order valence-corrected chi connectivity index (χ1v) is 4.94. The molecule has 0 spiro atoms. The van der Waals surface area contributed by atoms with E-state index in [0.717, 1.165) is 6.07 Å². The maximum atomic E-state index is 10.9. The van der Waals surface area contributed by atoms with Gasteiger partial charge in [0.25, 0.3) is 5.69 Å². The van der Waals surface area contributed by atoms with Crippen molar-refractivity contribution in [1.29, 1.82) is 0 Å². The third-order valence-corrected chi connectivity index (χ3v) is 2.55. The molecule has 0 aliphatic carbocycles. The summed E-state index contributed by atoms with van der Waals surface area (Å²) >= 11 is 0. The number of nitro groups is 2. The molecule has 0 bridgehead atoms. The zero-order valence-corrected chi connectivity index (χ0v) is 9.32. The molecule has 2 rings (SSSR count). The van der Waals surface area contributed by atoms with E-state index in [9.17, 15) is 20.2 Å². The monoisotopic (exact) mass is 248 g/mol. The average Bonchev–Trinajstić information content (AvgIpc) is 2.36. The molecular formula is C11H8N2O5. The highest BCUT2D eigenvalue weighted by Gasteiger charge is 2.25. The molecule has 0 fully saturated rings. The van der Waals surface area contributed by atoms with Crippen molar-refractivity contribution in [2.45, 2.75) is 0 Å². The van der Waals surface area contributed by atoms with Crippen LogP contribution in [-0.2, 0) is 0 Å². The second kappa shape index (κ2) is 4.28. The Labute approximate surface area is 101 Å². The summed E-state index contributed by atoms with van der Waals surface area (Å²) in [6.07, 6.45) is 0. The van der Waals surface area contributed by atoms with Gasteiger partial charge in [0.05, 0.1) is 28.4 Å². The molecule has 0 saturated carbocycles. The molecule has 0 radical (unpaired) electrons. The summed E-state index contributed by atoms with van der Waals surface area (Å²) in [5.74, 6) is 0.0289. The molecule has 2 aromatic carbocycles. The molecule has 92 valence electrons. The molecule has 2 aromatic rings. The molecule has 0 aliphatic heterocycles.